The zero-order valence-corrected chi connectivity index (χ0v) is 10.3. The van der Waals surface area contributed by atoms with E-state index in [0.717, 1.165) is 18.1 Å². The predicted octanol–water partition coefficient (Wildman–Crippen LogP) is 3.17. The molecule has 3 nitrogen and oxygen atoms in total. The zero-order chi connectivity index (χ0) is 11.4. The summed E-state index contributed by atoms with van der Waals surface area (Å²) in [7, 11) is 0. The van der Waals surface area contributed by atoms with Crippen LogP contribution in [0, 0.1) is 12.3 Å². The molecule has 0 atom stereocenters. The van der Waals surface area contributed by atoms with Gasteiger partial charge in [-0.1, -0.05) is 26.2 Å². The van der Waals surface area contributed by atoms with Gasteiger partial charge in [-0.15, -0.1) is 0 Å². The molecule has 1 fully saturated rings. The number of aryl methyl sites for hydroxylation is 1. The first-order valence-electron chi connectivity index (χ1n) is 6.21. The fraction of sp³-hybridized carbons (Fsp3) is 0.692. The molecule has 3 heteroatoms. The largest absolute Gasteiger partial charge is 0.369 e. The number of hydrogen-bond acceptors (Lipinski definition) is 3. The molecule has 16 heavy (non-hydrogen) atoms. The Morgan fingerprint density at radius 1 is 1.25 bits per heavy atom. The van der Waals surface area contributed by atoms with E-state index in [9.17, 15) is 0 Å². The molecule has 1 aromatic heterocycles. The highest BCUT2D eigenvalue weighted by atomic mass is 15.0. The van der Waals surface area contributed by atoms with E-state index in [2.05, 4.69) is 22.2 Å². The normalized spacial score (nSPS) is 19.4. The number of nitrogens with one attached hydrogen (secondary N) is 1. The lowest BCUT2D eigenvalue weighted by atomic mass is 9.76. The van der Waals surface area contributed by atoms with E-state index >= 15 is 0 Å². The van der Waals surface area contributed by atoms with Crippen LogP contribution in [0.15, 0.2) is 12.4 Å². The molecule has 1 aliphatic carbocycles. The van der Waals surface area contributed by atoms with Crippen LogP contribution in [0.3, 0.4) is 0 Å². The van der Waals surface area contributed by atoms with Gasteiger partial charge in [0.05, 0.1) is 0 Å². The van der Waals surface area contributed by atoms with E-state index in [0.29, 0.717) is 5.41 Å². The first-order valence-corrected chi connectivity index (χ1v) is 6.21. The minimum absolute atomic E-state index is 0.455. The highest BCUT2D eigenvalue weighted by molar-refractivity contribution is 5.34. The van der Waals surface area contributed by atoms with Crippen LogP contribution in [0.4, 0.5) is 5.82 Å². The monoisotopic (exact) mass is 219 g/mol. The summed E-state index contributed by atoms with van der Waals surface area (Å²) in [6.45, 7) is 5.41. The molecule has 1 heterocycles. The van der Waals surface area contributed by atoms with Gasteiger partial charge in [0.2, 0.25) is 0 Å². The second kappa shape index (κ2) is 4.81. The molecule has 0 aliphatic heterocycles. The Labute approximate surface area is 97.7 Å². The fourth-order valence-corrected chi connectivity index (χ4v) is 2.44. The topological polar surface area (TPSA) is 37.8 Å². The van der Waals surface area contributed by atoms with Crippen LogP contribution in [0.2, 0.25) is 0 Å². The van der Waals surface area contributed by atoms with Gasteiger partial charge < -0.3 is 5.32 Å². The van der Waals surface area contributed by atoms with Crippen molar-refractivity contribution in [3.8, 4) is 0 Å². The first kappa shape index (κ1) is 11.4. The average molecular weight is 219 g/mol. The van der Waals surface area contributed by atoms with Crippen LogP contribution in [0.25, 0.3) is 0 Å². The molecular weight excluding hydrogens is 198 g/mol. The highest BCUT2D eigenvalue weighted by Gasteiger charge is 2.26. The van der Waals surface area contributed by atoms with Crippen molar-refractivity contribution < 1.29 is 0 Å². The molecule has 0 unspecified atom stereocenters. The van der Waals surface area contributed by atoms with Gasteiger partial charge in [0.25, 0.3) is 0 Å². The van der Waals surface area contributed by atoms with Crippen LogP contribution < -0.4 is 5.32 Å². The van der Waals surface area contributed by atoms with Crippen LogP contribution >= 0.6 is 0 Å². The van der Waals surface area contributed by atoms with Crippen LogP contribution in [-0.2, 0) is 0 Å². The Hall–Kier alpha value is -1.12. The Bertz CT molecular complexity index is 343. The highest BCUT2D eigenvalue weighted by Crippen LogP contribution is 2.35. The van der Waals surface area contributed by atoms with Crippen molar-refractivity contribution in [3.05, 3.63) is 18.1 Å². The zero-order valence-electron chi connectivity index (χ0n) is 10.3. The molecule has 0 aromatic carbocycles. The summed E-state index contributed by atoms with van der Waals surface area (Å²) in [4.78, 5) is 8.33. The molecular formula is C13H21N3. The summed E-state index contributed by atoms with van der Waals surface area (Å²) < 4.78 is 0. The molecule has 0 radical (unpaired) electrons. The van der Waals surface area contributed by atoms with Gasteiger partial charge in [-0.05, 0) is 25.2 Å². The second-order valence-corrected chi connectivity index (χ2v) is 5.27. The summed E-state index contributed by atoms with van der Waals surface area (Å²) in [5.74, 6) is 0.958. The summed E-state index contributed by atoms with van der Waals surface area (Å²) >= 11 is 0. The molecule has 88 valence electrons. The number of anilines is 1. The number of hydrogen-bond donors (Lipinski definition) is 1. The summed E-state index contributed by atoms with van der Waals surface area (Å²) in [5, 5.41) is 3.44. The van der Waals surface area contributed by atoms with Crippen molar-refractivity contribution in [1.82, 2.24) is 9.97 Å². The smallest absolute Gasteiger partial charge is 0.129 e. The van der Waals surface area contributed by atoms with E-state index < -0.39 is 0 Å². The van der Waals surface area contributed by atoms with Gasteiger partial charge in [0.15, 0.2) is 0 Å². The molecule has 1 aromatic rings. The van der Waals surface area contributed by atoms with Crippen molar-refractivity contribution in [2.24, 2.45) is 5.41 Å². The second-order valence-electron chi connectivity index (χ2n) is 5.27. The Balaban J connectivity index is 1.91. The third-order valence-electron chi connectivity index (χ3n) is 3.56. The SMILES string of the molecule is Cc1cc(NCC2(C)CCCCC2)ncn1. The Morgan fingerprint density at radius 2 is 2.00 bits per heavy atom. The van der Waals surface area contributed by atoms with Crippen LogP contribution in [-0.4, -0.2) is 16.5 Å². The van der Waals surface area contributed by atoms with Crippen LogP contribution in [0.1, 0.15) is 44.7 Å². The van der Waals surface area contributed by atoms with Gasteiger partial charge >= 0.3 is 0 Å². The minimum atomic E-state index is 0.455. The maximum absolute atomic E-state index is 4.23. The first-order chi connectivity index (χ1) is 7.68. The van der Waals surface area contributed by atoms with Crippen molar-refractivity contribution in [1.29, 1.82) is 0 Å². The maximum atomic E-state index is 4.23. The summed E-state index contributed by atoms with van der Waals surface area (Å²) in [6, 6.07) is 2.01. The molecule has 0 saturated heterocycles. The molecule has 1 N–H and O–H groups in total. The van der Waals surface area contributed by atoms with Crippen LogP contribution in [0.5, 0.6) is 0 Å². The van der Waals surface area contributed by atoms with Crippen molar-refractivity contribution in [3.63, 3.8) is 0 Å². The Morgan fingerprint density at radius 3 is 2.69 bits per heavy atom. The van der Waals surface area contributed by atoms with Gasteiger partial charge in [0, 0.05) is 18.3 Å². The molecule has 0 bridgehead atoms. The maximum Gasteiger partial charge on any atom is 0.129 e. The fourth-order valence-electron chi connectivity index (χ4n) is 2.44. The van der Waals surface area contributed by atoms with E-state index in [1.54, 1.807) is 6.33 Å². The predicted molar refractivity (Wildman–Crippen MR) is 66.5 cm³/mol. The van der Waals surface area contributed by atoms with Crippen molar-refractivity contribution >= 4 is 5.82 Å². The lowest BCUT2D eigenvalue weighted by Gasteiger charge is -2.33. The van der Waals surface area contributed by atoms with E-state index in [1.807, 2.05) is 13.0 Å². The third-order valence-corrected chi connectivity index (χ3v) is 3.56. The molecule has 0 amide bonds. The quantitative estimate of drug-likeness (QED) is 0.848. The van der Waals surface area contributed by atoms with Gasteiger partial charge in [-0.2, -0.15) is 0 Å². The number of nitrogens with zero attached hydrogens (tertiary/aromatic N) is 2. The summed E-state index contributed by atoms with van der Waals surface area (Å²) in [5.41, 5.74) is 1.48. The lowest BCUT2D eigenvalue weighted by Crippen LogP contribution is -2.29. The number of aromatic nitrogens is 2. The van der Waals surface area contributed by atoms with Gasteiger partial charge in [-0.25, -0.2) is 9.97 Å². The van der Waals surface area contributed by atoms with E-state index in [4.69, 9.17) is 0 Å². The molecule has 0 spiro atoms. The molecule has 2 rings (SSSR count). The van der Waals surface area contributed by atoms with Gasteiger partial charge in [-0.3, -0.25) is 0 Å². The number of rotatable bonds is 3. The van der Waals surface area contributed by atoms with Crippen molar-refractivity contribution in [2.75, 3.05) is 11.9 Å². The van der Waals surface area contributed by atoms with Crippen molar-refractivity contribution in [2.45, 2.75) is 46.0 Å². The lowest BCUT2D eigenvalue weighted by molar-refractivity contribution is 0.233. The third kappa shape index (κ3) is 2.94. The molecule has 1 aliphatic rings. The average Bonchev–Trinajstić information content (AvgIpc) is 2.28. The Kier molecular flexibility index (Phi) is 3.42. The molecule has 1 saturated carbocycles. The van der Waals surface area contributed by atoms with Gasteiger partial charge in [0.1, 0.15) is 12.1 Å². The van der Waals surface area contributed by atoms with E-state index in [1.165, 1.54) is 32.1 Å². The standard InChI is InChI=1S/C13H21N3/c1-11-8-12(16-10-15-11)14-9-13(2)6-4-3-5-7-13/h8,10H,3-7,9H2,1-2H3,(H,14,15,16). The minimum Gasteiger partial charge on any atom is -0.369 e. The van der Waals surface area contributed by atoms with E-state index in [-0.39, 0.29) is 0 Å². The summed E-state index contributed by atoms with van der Waals surface area (Å²) in [6.07, 6.45) is 8.46.